The number of amides is 1. The summed E-state index contributed by atoms with van der Waals surface area (Å²) in [6, 6.07) is 11.0. The monoisotopic (exact) mass is 366 g/mol. The zero-order chi connectivity index (χ0) is 19.8. The number of phenolic OH excluding ortho intramolecular Hbond substituents is 1. The van der Waals surface area contributed by atoms with Crippen molar-refractivity contribution in [1.82, 2.24) is 4.98 Å². The number of fused-ring (bicyclic) bond motifs is 1. The van der Waals surface area contributed by atoms with Crippen LogP contribution in [0.4, 0.5) is 5.69 Å². The maximum absolute atomic E-state index is 12.5. The fourth-order valence-electron chi connectivity index (χ4n) is 2.79. The van der Waals surface area contributed by atoms with E-state index in [0.717, 1.165) is 0 Å². The van der Waals surface area contributed by atoms with E-state index in [4.69, 9.17) is 0 Å². The van der Waals surface area contributed by atoms with Gasteiger partial charge in [0.1, 0.15) is 11.3 Å². The minimum Gasteiger partial charge on any atom is -0.508 e. The fraction of sp³-hybridized carbons (Fsp3) is 0.150. The van der Waals surface area contributed by atoms with Gasteiger partial charge in [0.15, 0.2) is 0 Å². The minimum absolute atomic E-state index is 0.0665. The second-order valence-corrected chi connectivity index (χ2v) is 6.69. The molecule has 4 N–H and O–H groups in total. The van der Waals surface area contributed by atoms with Crippen molar-refractivity contribution in [3.8, 4) is 5.75 Å². The Morgan fingerprint density at radius 2 is 1.81 bits per heavy atom. The third-order valence-electron chi connectivity index (χ3n) is 4.50. The van der Waals surface area contributed by atoms with Crippen LogP contribution in [0.1, 0.15) is 29.8 Å². The number of hydrogen-bond donors (Lipinski definition) is 4. The summed E-state index contributed by atoms with van der Waals surface area (Å²) in [6.45, 7) is 2.94. The number of carboxylic acids is 1. The summed E-state index contributed by atoms with van der Waals surface area (Å²) in [5, 5.41) is 22.4. The molecule has 1 amide bonds. The quantitative estimate of drug-likeness (QED) is 0.566. The van der Waals surface area contributed by atoms with Crippen LogP contribution in [0.25, 0.3) is 10.9 Å². The van der Waals surface area contributed by atoms with E-state index in [0.29, 0.717) is 10.9 Å². The first-order valence-corrected chi connectivity index (χ1v) is 8.20. The number of hydrogen-bond acceptors (Lipinski definition) is 4. The number of rotatable bonds is 4. The zero-order valence-corrected chi connectivity index (χ0v) is 14.7. The van der Waals surface area contributed by atoms with Crippen molar-refractivity contribution in [2.45, 2.75) is 19.3 Å². The molecule has 0 unspecified atom stereocenters. The van der Waals surface area contributed by atoms with E-state index in [1.54, 1.807) is 24.3 Å². The van der Waals surface area contributed by atoms with Crippen molar-refractivity contribution in [2.24, 2.45) is 0 Å². The normalized spacial score (nSPS) is 11.3. The van der Waals surface area contributed by atoms with E-state index in [1.807, 2.05) is 0 Å². The summed E-state index contributed by atoms with van der Waals surface area (Å²) in [5.41, 5.74) is -0.677. The molecule has 27 heavy (non-hydrogen) atoms. The number of carbonyl (C=O) groups excluding carboxylic acids is 1. The number of nitrogens with one attached hydrogen (secondary N) is 2. The van der Waals surface area contributed by atoms with E-state index in [-0.39, 0.29) is 22.6 Å². The molecule has 0 aliphatic rings. The van der Waals surface area contributed by atoms with Gasteiger partial charge in [0.05, 0.1) is 5.41 Å². The molecule has 7 heteroatoms. The summed E-state index contributed by atoms with van der Waals surface area (Å²) in [4.78, 5) is 39.2. The molecule has 3 aromatic rings. The fourth-order valence-corrected chi connectivity index (χ4v) is 2.79. The van der Waals surface area contributed by atoms with Crippen molar-refractivity contribution in [3.05, 3.63) is 70.0 Å². The van der Waals surface area contributed by atoms with Crippen molar-refractivity contribution in [3.63, 3.8) is 0 Å². The largest absolute Gasteiger partial charge is 0.508 e. The van der Waals surface area contributed by atoms with E-state index < -0.39 is 22.7 Å². The number of benzene rings is 2. The van der Waals surface area contributed by atoms with Crippen LogP contribution >= 0.6 is 0 Å². The van der Waals surface area contributed by atoms with Gasteiger partial charge in [-0.15, -0.1) is 0 Å². The molecular formula is C20H18N2O5. The van der Waals surface area contributed by atoms with Gasteiger partial charge in [0.25, 0.3) is 5.91 Å². The third-order valence-corrected chi connectivity index (χ3v) is 4.50. The number of aromatic amines is 1. The lowest BCUT2D eigenvalue weighted by molar-refractivity contribution is -0.142. The predicted octanol–water partition coefficient (Wildman–Crippen LogP) is 2.85. The molecule has 0 aliphatic carbocycles. The molecule has 1 heterocycles. The Labute approximate surface area is 154 Å². The average molecular weight is 366 g/mol. The van der Waals surface area contributed by atoms with Gasteiger partial charge in [0, 0.05) is 34.4 Å². The number of phenols is 1. The van der Waals surface area contributed by atoms with E-state index >= 15 is 0 Å². The van der Waals surface area contributed by atoms with Crippen molar-refractivity contribution < 1.29 is 19.8 Å². The van der Waals surface area contributed by atoms with E-state index in [9.17, 15) is 24.6 Å². The molecular weight excluding hydrogens is 348 g/mol. The first-order chi connectivity index (χ1) is 12.7. The van der Waals surface area contributed by atoms with Gasteiger partial charge in [-0.3, -0.25) is 14.4 Å². The third kappa shape index (κ3) is 3.27. The van der Waals surface area contributed by atoms with E-state index in [1.165, 1.54) is 38.2 Å². The van der Waals surface area contributed by atoms with Gasteiger partial charge >= 0.3 is 5.97 Å². The smallest absolute Gasteiger partial charge is 0.313 e. The Morgan fingerprint density at radius 3 is 2.48 bits per heavy atom. The highest BCUT2D eigenvalue weighted by atomic mass is 16.4. The lowest BCUT2D eigenvalue weighted by atomic mass is 9.84. The maximum Gasteiger partial charge on any atom is 0.313 e. The number of H-pyrrole nitrogens is 1. The van der Waals surface area contributed by atoms with Gasteiger partial charge < -0.3 is 20.5 Å². The van der Waals surface area contributed by atoms with Crippen LogP contribution in [-0.2, 0) is 10.2 Å². The first kappa shape index (κ1) is 18.2. The number of para-hydroxylation sites is 1. The summed E-state index contributed by atoms with van der Waals surface area (Å²) in [5.74, 6) is -1.98. The van der Waals surface area contributed by atoms with Crippen LogP contribution in [0, 0.1) is 0 Å². The van der Waals surface area contributed by atoms with Crippen LogP contribution in [-0.4, -0.2) is 27.1 Å². The molecule has 7 nitrogen and oxygen atoms in total. The Bertz CT molecular complexity index is 1110. The topological polar surface area (TPSA) is 119 Å². The van der Waals surface area contributed by atoms with Crippen LogP contribution in [0.15, 0.2) is 53.5 Å². The predicted molar refractivity (Wildman–Crippen MR) is 101 cm³/mol. The Kier molecular flexibility index (Phi) is 4.45. The molecule has 0 fully saturated rings. The van der Waals surface area contributed by atoms with Gasteiger partial charge in [-0.25, -0.2) is 0 Å². The highest BCUT2D eigenvalue weighted by Gasteiger charge is 2.32. The highest BCUT2D eigenvalue weighted by Crippen LogP contribution is 2.33. The molecule has 0 saturated carbocycles. The molecule has 0 spiro atoms. The lowest BCUT2D eigenvalue weighted by Gasteiger charge is -2.21. The van der Waals surface area contributed by atoms with Crippen molar-refractivity contribution >= 4 is 28.5 Å². The summed E-state index contributed by atoms with van der Waals surface area (Å²) >= 11 is 0. The summed E-state index contributed by atoms with van der Waals surface area (Å²) in [6.07, 6.45) is 1.34. The van der Waals surface area contributed by atoms with Crippen LogP contribution in [0.5, 0.6) is 5.75 Å². The molecule has 0 bridgehead atoms. The number of anilines is 1. The molecule has 0 radical (unpaired) electrons. The Hall–Kier alpha value is -3.61. The van der Waals surface area contributed by atoms with Crippen LogP contribution in [0.3, 0.4) is 0 Å². The Morgan fingerprint density at radius 1 is 1.11 bits per heavy atom. The van der Waals surface area contributed by atoms with Crippen LogP contribution in [0.2, 0.25) is 0 Å². The standard InChI is InChI=1S/C20H18N2O5/c1-20(2,19(26)27)14-8-7-11(9-16(14)23)22-18(25)13-10-21-15-6-4-3-5-12(15)17(13)24/h3-10,23H,1-2H3,(H,21,24)(H,22,25)(H,26,27). The van der Waals surface area contributed by atoms with Gasteiger partial charge in [-0.1, -0.05) is 18.2 Å². The van der Waals surface area contributed by atoms with Gasteiger partial charge in [-0.05, 0) is 32.0 Å². The summed E-state index contributed by atoms with van der Waals surface area (Å²) < 4.78 is 0. The van der Waals surface area contributed by atoms with Gasteiger partial charge in [-0.2, -0.15) is 0 Å². The number of aromatic nitrogens is 1. The van der Waals surface area contributed by atoms with Crippen molar-refractivity contribution in [2.75, 3.05) is 5.32 Å². The first-order valence-electron chi connectivity index (χ1n) is 8.20. The number of pyridine rings is 1. The molecule has 1 aromatic heterocycles. The molecule has 0 saturated heterocycles. The number of aromatic hydroxyl groups is 1. The Balaban J connectivity index is 1.91. The molecule has 3 rings (SSSR count). The molecule has 0 atom stereocenters. The lowest BCUT2D eigenvalue weighted by Crippen LogP contribution is -2.28. The molecule has 2 aromatic carbocycles. The zero-order valence-electron chi connectivity index (χ0n) is 14.7. The van der Waals surface area contributed by atoms with Crippen LogP contribution < -0.4 is 10.7 Å². The van der Waals surface area contributed by atoms with E-state index in [2.05, 4.69) is 10.3 Å². The van der Waals surface area contributed by atoms with Gasteiger partial charge in [0.2, 0.25) is 5.43 Å². The number of aliphatic carboxylic acids is 1. The van der Waals surface area contributed by atoms with Crippen molar-refractivity contribution in [1.29, 1.82) is 0 Å². The SMILES string of the molecule is CC(C)(C(=O)O)c1ccc(NC(=O)c2c[nH]c3ccccc3c2=O)cc1O. The number of carboxylic acid groups (broad SMARTS) is 1. The molecule has 138 valence electrons. The average Bonchev–Trinajstić information content (AvgIpc) is 2.61. The highest BCUT2D eigenvalue weighted by molar-refractivity contribution is 6.05. The summed E-state index contributed by atoms with van der Waals surface area (Å²) in [7, 11) is 0. The second kappa shape index (κ2) is 6.60. The second-order valence-electron chi connectivity index (χ2n) is 6.69. The number of carbonyl (C=O) groups is 2. The molecule has 0 aliphatic heterocycles. The minimum atomic E-state index is -1.29. The maximum atomic E-state index is 12.5.